The molecule has 1 atom stereocenters. The number of ether oxygens (including phenoxy) is 2. The molecule has 2 aromatic carbocycles. The van der Waals surface area contributed by atoms with E-state index in [2.05, 4.69) is 19.2 Å². The van der Waals surface area contributed by atoms with Crippen molar-refractivity contribution in [3.8, 4) is 11.5 Å². The van der Waals surface area contributed by atoms with Crippen LogP contribution < -0.4 is 10.1 Å². The van der Waals surface area contributed by atoms with Crippen LogP contribution in [0.2, 0.25) is 0 Å². The Morgan fingerprint density at radius 3 is 2.22 bits per heavy atom. The van der Waals surface area contributed by atoms with E-state index in [0.29, 0.717) is 23.8 Å². The maximum atomic E-state index is 12.5. The number of phenols is 1. The van der Waals surface area contributed by atoms with Crippen LogP contribution in [-0.4, -0.2) is 36.7 Å². The third kappa shape index (κ3) is 6.33. The quantitative estimate of drug-likeness (QED) is 0.697. The molecule has 0 aromatic heterocycles. The average Bonchev–Trinajstić information content (AvgIpc) is 2.67. The second-order valence-corrected chi connectivity index (χ2v) is 6.65. The summed E-state index contributed by atoms with van der Waals surface area (Å²) in [6, 6.07) is 12.4. The first kappa shape index (κ1) is 20.3. The fourth-order valence-corrected chi connectivity index (χ4v) is 2.41. The number of methoxy groups -OCH3 is 1. The van der Waals surface area contributed by atoms with Crippen LogP contribution in [-0.2, 0) is 16.0 Å². The van der Waals surface area contributed by atoms with Gasteiger partial charge in [0, 0.05) is 12.0 Å². The Labute approximate surface area is 159 Å². The molecule has 0 saturated carbocycles. The Morgan fingerprint density at radius 2 is 1.67 bits per heavy atom. The molecule has 1 amide bonds. The van der Waals surface area contributed by atoms with Crippen molar-refractivity contribution in [1.29, 1.82) is 0 Å². The van der Waals surface area contributed by atoms with E-state index in [1.807, 2.05) is 0 Å². The van der Waals surface area contributed by atoms with Gasteiger partial charge in [0.25, 0.3) is 5.91 Å². The van der Waals surface area contributed by atoms with Gasteiger partial charge in [-0.3, -0.25) is 4.79 Å². The number of rotatable bonds is 8. The van der Waals surface area contributed by atoms with Crippen LogP contribution in [0.25, 0.3) is 0 Å². The van der Waals surface area contributed by atoms with Gasteiger partial charge in [-0.15, -0.1) is 0 Å². The monoisotopic (exact) mass is 371 g/mol. The molecular formula is C21H25NO5. The van der Waals surface area contributed by atoms with Gasteiger partial charge in [-0.2, -0.15) is 0 Å². The van der Waals surface area contributed by atoms with Gasteiger partial charge in [0.15, 0.2) is 0 Å². The summed E-state index contributed by atoms with van der Waals surface area (Å²) in [5, 5.41) is 12.1. The lowest BCUT2D eigenvalue weighted by Crippen LogP contribution is -2.43. The second kappa shape index (κ2) is 9.62. The average molecular weight is 371 g/mol. The van der Waals surface area contributed by atoms with E-state index in [-0.39, 0.29) is 18.1 Å². The maximum Gasteiger partial charge on any atom is 0.328 e. The SMILES string of the molecule is COC(=O)[C@@H](Cc1ccc(O)cc1)NC(=O)c1ccc(OCC(C)C)cc1. The third-order valence-electron chi connectivity index (χ3n) is 3.87. The van der Waals surface area contributed by atoms with E-state index < -0.39 is 12.0 Å². The molecule has 0 radical (unpaired) electrons. The number of carbonyl (C=O) groups is 2. The van der Waals surface area contributed by atoms with Crippen molar-refractivity contribution >= 4 is 11.9 Å². The van der Waals surface area contributed by atoms with Crippen LogP contribution in [0.15, 0.2) is 48.5 Å². The van der Waals surface area contributed by atoms with Gasteiger partial charge >= 0.3 is 5.97 Å². The second-order valence-electron chi connectivity index (χ2n) is 6.65. The Bertz CT molecular complexity index is 753. The van der Waals surface area contributed by atoms with Gasteiger partial charge in [0.1, 0.15) is 17.5 Å². The van der Waals surface area contributed by atoms with Crippen LogP contribution in [0.5, 0.6) is 11.5 Å². The zero-order valence-electron chi connectivity index (χ0n) is 15.8. The number of benzene rings is 2. The van der Waals surface area contributed by atoms with Crippen LogP contribution in [0.3, 0.4) is 0 Å². The fraction of sp³-hybridized carbons (Fsp3) is 0.333. The van der Waals surface area contributed by atoms with Gasteiger partial charge in [0.2, 0.25) is 0 Å². The minimum Gasteiger partial charge on any atom is -0.508 e. The number of amides is 1. The van der Waals surface area contributed by atoms with E-state index in [1.165, 1.54) is 19.2 Å². The highest BCUT2D eigenvalue weighted by atomic mass is 16.5. The van der Waals surface area contributed by atoms with Crippen molar-refractivity contribution in [2.24, 2.45) is 5.92 Å². The first-order valence-corrected chi connectivity index (χ1v) is 8.78. The van der Waals surface area contributed by atoms with E-state index in [0.717, 1.165) is 5.56 Å². The lowest BCUT2D eigenvalue weighted by Gasteiger charge is -2.17. The summed E-state index contributed by atoms with van der Waals surface area (Å²) in [6.45, 7) is 4.72. The van der Waals surface area contributed by atoms with Crippen LogP contribution in [0.4, 0.5) is 0 Å². The molecule has 0 aliphatic rings. The largest absolute Gasteiger partial charge is 0.508 e. The Kier molecular flexibility index (Phi) is 7.23. The fourth-order valence-electron chi connectivity index (χ4n) is 2.41. The summed E-state index contributed by atoms with van der Waals surface area (Å²) in [5.41, 5.74) is 1.22. The molecule has 0 heterocycles. The molecule has 144 valence electrons. The van der Waals surface area contributed by atoms with Crippen LogP contribution in [0, 0.1) is 5.92 Å². The van der Waals surface area contributed by atoms with E-state index >= 15 is 0 Å². The third-order valence-corrected chi connectivity index (χ3v) is 3.87. The first-order valence-electron chi connectivity index (χ1n) is 8.78. The first-order chi connectivity index (χ1) is 12.9. The van der Waals surface area contributed by atoms with Gasteiger partial charge < -0.3 is 19.9 Å². The molecule has 0 aliphatic carbocycles. The van der Waals surface area contributed by atoms with Gasteiger partial charge in [-0.05, 0) is 47.9 Å². The zero-order valence-corrected chi connectivity index (χ0v) is 15.8. The predicted octanol–water partition coefficient (Wildman–Crippen LogP) is 2.94. The molecule has 0 aliphatic heterocycles. The van der Waals surface area contributed by atoms with Crippen molar-refractivity contribution in [3.63, 3.8) is 0 Å². The molecule has 6 heteroatoms. The number of carbonyl (C=O) groups excluding carboxylic acids is 2. The standard InChI is InChI=1S/C21H25NO5/c1-14(2)13-27-18-10-6-16(7-11-18)20(24)22-19(21(25)26-3)12-15-4-8-17(23)9-5-15/h4-11,14,19,23H,12-13H2,1-3H3,(H,22,24)/t19-/m1/s1. The van der Waals surface area contributed by atoms with Gasteiger partial charge in [-0.1, -0.05) is 26.0 Å². The minimum absolute atomic E-state index is 0.136. The number of phenolic OH excluding ortho intramolecular Hbond substituents is 1. The van der Waals surface area contributed by atoms with Crippen molar-refractivity contribution in [3.05, 3.63) is 59.7 Å². The summed E-state index contributed by atoms with van der Waals surface area (Å²) in [5.74, 6) is 0.327. The molecule has 2 N–H and O–H groups in total. The Morgan fingerprint density at radius 1 is 1.04 bits per heavy atom. The number of hydrogen-bond donors (Lipinski definition) is 2. The molecule has 0 saturated heterocycles. The minimum atomic E-state index is -0.830. The van der Waals surface area contributed by atoms with E-state index in [4.69, 9.17) is 9.47 Å². The lowest BCUT2D eigenvalue weighted by molar-refractivity contribution is -0.142. The molecule has 6 nitrogen and oxygen atoms in total. The highest BCUT2D eigenvalue weighted by molar-refractivity contribution is 5.96. The topological polar surface area (TPSA) is 84.9 Å². The highest BCUT2D eigenvalue weighted by Gasteiger charge is 2.22. The molecule has 2 aromatic rings. The zero-order chi connectivity index (χ0) is 19.8. The number of esters is 1. The number of hydrogen-bond acceptors (Lipinski definition) is 5. The van der Waals surface area contributed by atoms with Crippen molar-refractivity contribution in [2.45, 2.75) is 26.3 Å². The van der Waals surface area contributed by atoms with Crippen LogP contribution in [0.1, 0.15) is 29.8 Å². The molecule has 0 bridgehead atoms. The summed E-state index contributed by atoms with van der Waals surface area (Å²) in [7, 11) is 1.28. The lowest BCUT2D eigenvalue weighted by atomic mass is 10.1. The van der Waals surface area contributed by atoms with Crippen molar-refractivity contribution < 1.29 is 24.2 Å². The van der Waals surface area contributed by atoms with Crippen LogP contribution >= 0.6 is 0 Å². The molecular weight excluding hydrogens is 346 g/mol. The summed E-state index contributed by atoms with van der Waals surface area (Å²) in [6.07, 6.45) is 0.258. The van der Waals surface area contributed by atoms with Crippen molar-refractivity contribution in [2.75, 3.05) is 13.7 Å². The molecule has 27 heavy (non-hydrogen) atoms. The van der Waals surface area contributed by atoms with E-state index in [1.54, 1.807) is 36.4 Å². The Balaban J connectivity index is 2.04. The molecule has 0 unspecified atom stereocenters. The highest BCUT2D eigenvalue weighted by Crippen LogP contribution is 2.15. The normalized spacial score (nSPS) is 11.7. The molecule has 2 rings (SSSR count). The Hall–Kier alpha value is -3.02. The predicted molar refractivity (Wildman–Crippen MR) is 102 cm³/mol. The van der Waals surface area contributed by atoms with Gasteiger partial charge in [-0.25, -0.2) is 4.79 Å². The van der Waals surface area contributed by atoms with Gasteiger partial charge in [0.05, 0.1) is 13.7 Å². The number of aromatic hydroxyl groups is 1. The maximum absolute atomic E-state index is 12.5. The smallest absolute Gasteiger partial charge is 0.328 e. The summed E-state index contributed by atoms with van der Waals surface area (Å²) in [4.78, 5) is 24.5. The molecule has 0 fully saturated rings. The summed E-state index contributed by atoms with van der Waals surface area (Å²) >= 11 is 0. The van der Waals surface area contributed by atoms with Crippen molar-refractivity contribution in [1.82, 2.24) is 5.32 Å². The number of nitrogens with one attached hydrogen (secondary N) is 1. The summed E-state index contributed by atoms with van der Waals surface area (Å²) < 4.78 is 10.4. The molecule has 0 spiro atoms. The van der Waals surface area contributed by atoms with E-state index in [9.17, 15) is 14.7 Å².